The van der Waals surface area contributed by atoms with Crippen LogP contribution in [0, 0.1) is 0 Å². The molecule has 1 aliphatic heterocycles. The highest BCUT2D eigenvalue weighted by Gasteiger charge is 2.18. The lowest BCUT2D eigenvalue weighted by Crippen LogP contribution is -2.15. The van der Waals surface area contributed by atoms with Crippen LogP contribution in [0.5, 0.6) is 0 Å². The predicted molar refractivity (Wildman–Crippen MR) is 80.6 cm³/mol. The number of thioether (sulfide) groups is 1. The Bertz CT molecular complexity index is 867. The molecule has 0 unspecified atom stereocenters. The molecule has 3 heterocycles. The zero-order valence-electron chi connectivity index (χ0n) is 10.6. The number of aromatic amines is 1. The van der Waals surface area contributed by atoms with E-state index in [1.165, 1.54) is 0 Å². The van der Waals surface area contributed by atoms with Crippen molar-refractivity contribution >= 4 is 22.7 Å². The number of pyridine rings is 1. The van der Waals surface area contributed by atoms with Gasteiger partial charge in [0.2, 0.25) is 0 Å². The van der Waals surface area contributed by atoms with Crippen LogP contribution in [0.25, 0.3) is 22.3 Å². The van der Waals surface area contributed by atoms with Gasteiger partial charge in [-0.3, -0.25) is 9.78 Å². The molecule has 1 aliphatic rings. The summed E-state index contributed by atoms with van der Waals surface area (Å²) in [6.07, 6.45) is 1.76. The van der Waals surface area contributed by atoms with Gasteiger partial charge in [0.15, 0.2) is 0 Å². The van der Waals surface area contributed by atoms with Gasteiger partial charge < -0.3 is 4.98 Å². The molecule has 5 heteroatoms. The van der Waals surface area contributed by atoms with E-state index in [0.29, 0.717) is 5.82 Å². The first kappa shape index (κ1) is 11.7. The number of hydrogen-bond donors (Lipinski definition) is 1. The molecule has 98 valence electrons. The number of fused-ring (bicyclic) bond motifs is 2. The number of para-hydroxylation sites is 1. The molecule has 0 saturated carbocycles. The lowest BCUT2D eigenvalue weighted by atomic mass is 10.1. The summed E-state index contributed by atoms with van der Waals surface area (Å²) in [6.45, 7) is 0. The minimum Gasteiger partial charge on any atom is -0.306 e. The molecule has 0 saturated heterocycles. The Hall–Kier alpha value is -2.14. The molecule has 0 aliphatic carbocycles. The van der Waals surface area contributed by atoms with Gasteiger partial charge in [-0.1, -0.05) is 18.2 Å². The van der Waals surface area contributed by atoms with Crippen LogP contribution < -0.4 is 5.56 Å². The van der Waals surface area contributed by atoms with Gasteiger partial charge in [0.1, 0.15) is 5.82 Å². The van der Waals surface area contributed by atoms with Crippen molar-refractivity contribution in [1.82, 2.24) is 15.0 Å². The molecule has 1 aromatic carbocycles. The van der Waals surface area contributed by atoms with E-state index < -0.39 is 0 Å². The molecule has 0 spiro atoms. The molecule has 0 atom stereocenters. The summed E-state index contributed by atoms with van der Waals surface area (Å²) in [5.74, 6) is 2.18. The van der Waals surface area contributed by atoms with Gasteiger partial charge in [-0.05, 0) is 12.1 Å². The number of nitrogens with zero attached hydrogens (tertiary/aromatic N) is 2. The number of aromatic nitrogens is 3. The molecule has 2 aromatic heterocycles. The molecule has 20 heavy (non-hydrogen) atoms. The first-order valence-corrected chi connectivity index (χ1v) is 7.52. The fraction of sp³-hybridized carbons (Fsp3) is 0.133. The Morgan fingerprint density at radius 1 is 1.15 bits per heavy atom. The Balaban J connectivity index is 2.01. The van der Waals surface area contributed by atoms with Gasteiger partial charge in [0, 0.05) is 34.2 Å². The summed E-state index contributed by atoms with van der Waals surface area (Å²) in [5.41, 5.74) is 3.43. The van der Waals surface area contributed by atoms with Gasteiger partial charge in [-0.2, -0.15) is 11.8 Å². The maximum Gasteiger partial charge on any atom is 0.255 e. The molecule has 0 amide bonds. The van der Waals surface area contributed by atoms with Crippen LogP contribution in [0.4, 0.5) is 0 Å². The second-order valence-electron chi connectivity index (χ2n) is 4.71. The highest BCUT2D eigenvalue weighted by Crippen LogP contribution is 2.28. The van der Waals surface area contributed by atoms with Crippen LogP contribution in [-0.4, -0.2) is 15.0 Å². The third-order valence-corrected chi connectivity index (χ3v) is 4.44. The highest BCUT2D eigenvalue weighted by atomic mass is 32.2. The van der Waals surface area contributed by atoms with Gasteiger partial charge in [-0.25, -0.2) is 4.98 Å². The molecular weight excluding hydrogens is 270 g/mol. The van der Waals surface area contributed by atoms with E-state index >= 15 is 0 Å². The quantitative estimate of drug-likeness (QED) is 0.745. The topological polar surface area (TPSA) is 58.6 Å². The SMILES string of the molecule is O=c1[nH]c(-c2cccc3cccnc23)nc2c1CSC2. The largest absolute Gasteiger partial charge is 0.306 e. The molecule has 0 fully saturated rings. The average molecular weight is 281 g/mol. The lowest BCUT2D eigenvalue weighted by molar-refractivity contribution is 1.03. The van der Waals surface area contributed by atoms with E-state index in [9.17, 15) is 4.79 Å². The smallest absolute Gasteiger partial charge is 0.255 e. The van der Waals surface area contributed by atoms with Crippen LogP contribution in [0.1, 0.15) is 11.3 Å². The second kappa shape index (κ2) is 4.45. The first-order chi connectivity index (χ1) is 9.83. The maximum atomic E-state index is 12.1. The molecule has 0 radical (unpaired) electrons. The number of H-pyrrole nitrogens is 1. The molecule has 4 rings (SSSR count). The zero-order valence-corrected chi connectivity index (χ0v) is 11.4. The van der Waals surface area contributed by atoms with Crippen molar-refractivity contribution < 1.29 is 0 Å². The minimum absolute atomic E-state index is 0.0251. The van der Waals surface area contributed by atoms with E-state index in [1.807, 2.05) is 30.3 Å². The Labute approximate surface area is 119 Å². The van der Waals surface area contributed by atoms with Crippen molar-refractivity contribution in [3.63, 3.8) is 0 Å². The van der Waals surface area contributed by atoms with Crippen molar-refractivity contribution in [1.29, 1.82) is 0 Å². The van der Waals surface area contributed by atoms with Gasteiger partial charge in [0.05, 0.1) is 11.2 Å². The van der Waals surface area contributed by atoms with Crippen molar-refractivity contribution in [2.45, 2.75) is 11.5 Å². The van der Waals surface area contributed by atoms with Gasteiger partial charge >= 0.3 is 0 Å². The molecule has 1 N–H and O–H groups in total. The predicted octanol–water partition coefficient (Wildman–Crippen LogP) is 2.73. The van der Waals surface area contributed by atoms with Gasteiger partial charge in [-0.15, -0.1) is 0 Å². The molecule has 0 bridgehead atoms. The summed E-state index contributed by atoms with van der Waals surface area (Å²) in [4.78, 5) is 24.0. The maximum absolute atomic E-state index is 12.1. The third-order valence-electron chi connectivity index (χ3n) is 3.47. The van der Waals surface area contributed by atoms with Crippen LogP contribution in [0.15, 0.2) is 41.3 Å². The van der Waals surface area contributed by atoms with E-state index in [-0.39, 0.29) is 5.56 Å². The summed E-state index contributed by atoms with van der Waals surface area (Å²) in [7, 11) is 0. The number of hydrogen-bond acceptors (Lipinski definition) is 4. The fourth-order valence-electron chi connectivity index (χ4n) is 2.49. The summed E-state index contributed by atoms with van der Waals surface area (Å²) in [5, 5.41) is 1.04. The molecular formula is C15H11N3OS. The fourth-order valence-corrected chi connectivity index (χ4v) is 3.52. The normalized spacial score (nSPS) is 13.6. The average Bonchev–Trinajstić information content (AvgIpc) is 2.95. The van der Waals surface area contributed by atoms with Crippen molar-refractivity contribution in [2.75, 3.05) is 0 Å². The summed E-state index contributed by atoms with van der Waals surface area (Å²) in [6, 6.07) is 9.82. The molecule has 3 aromatic rings. The third kappa shape index (κ3) is 1.74. The Kier molecular flexibility index (Phi) is 2.60. The number of benzene rings is 1. The molecule has 4 nitrogen and oxygen atoms in total. The van der Waals surface area contributed by atoms with Crippen LogP contribution in [0.2, 0.25) is 0 Å². The van der Waals surface area contributed by atoms with Crippen molar-refractivity contribution in [3.05, 3.63) is 58.1 Å². The van der Waals surface area contributed by atoms with E-state index in [4.69, 9.17) is 0 Å². The number of rotatable bonds is 1. The Morgan fingerprint density at radius 3 is 3.00 bits per heavy atom. The van der Waals surface area contributed by atoms with Crippen LogP contribution >= 0.6 is 11.8 Å². The summed E-state index contributed by atoms with van der Waals surface area (Å²) < 4.78 is 0. The summed E-state index contributed by atoms with van der Waals surface area (Å²) >= 11 is 1.73. The van der Waals surface area contributed by atoms with Crippen LogP contribution in [-0.2, 0) is 11.5 Å². The monoisotopic (exact) mass is 281 g/mol. The van der Waals surface area contributed by atoms with E-state index in [0.717, 1.165) is 39.2 Å². The standard InChI is InChI=1S/C15H11N3OS/c19-15-11-7-20-8-12(11)17-14(18-15)10-5-1-3-9-4-2-6-16-13(9)10/h1-6H,7-8H2,(H,17,18,19). The van der Waals surface area contributed by atoms with Crippen molar-refractivity contribution in [3.8, 4) is 11.4 Å². The van der Waals surface area contributed by atoms with E-state index in [2.05, 4.69) is 15.0 Å². The first-order valence-electron chi connectivity index (χ1n) is 6.37. The second-order valence-corrected chi connectivity index (χ2v) is 5.70. The van der Waals surface area contributed by atoms with E-state index in [1.54, 1.807) is 18.0 Å². The Morgan fingerprint density at radius 2 is 2.05 bits per heavy atom. The van der Waals surface area contributed by atoms with Crippen LogP contribution in [0.3, 0.4) is 0 Å². The minimum atomic E-state index is -0.0251. The van der Waals surface area contributed by atoms with Gasteiger partial charge in [0.25, 0.3) is 5.56 Å². The number of nitrogens with one attached hydrogen (secondary N) is 1. The van der Waals surface area contributed by atoms with Crippen molar-refractivity contribution in [2.24, 2.45) is 0 Å². The highest BCUT2D eigenvalue weighted by molar-refractivity contribution is 7.98. The zero-order chi connectivity index (χ0) is 13.5. The lowest BCUT2D eigenvalue weighted by Gasteiger charge is -2.06.